The summed E-state index contributed by atoms with van der Waals surface area (Å²) < 4.78 is 0. The SMILES string of the molecule is c1ccc(-c2c(N(c3ccccc3-c3cc4ccccc4c4ccccc34)c3cccc4c3C(c3ccccc3)(c3ccccc3)c3ccccc3-4)ccc3ccccc23)cc1. The number of fused-ring (bicyclic) bond motifs is 7. The molecule has 11 aromatic carbocycles. The van der Waals surface area contributed by atoms with Crippen LogP contribution in [-0.4, -0.2) is 0 Å². The predicted molar refractivity (Wildman–Crippen MR) is 262 cm³/mol. The van der Waals surface area contributed by atoms with Crippen molar-refractivity contribution in [3.05, 3.63) is 271 Å². The minimum absolute atomic E-state index is 0.627. The number of para-hydroxylation sites is 1. The summed E-state index contributed by atoms with van der Waals surface area (Å²) in [6.45, 7) is 0. The van der Waals surface area contributed by atoms with E-state index in [1.807, 2.05) is 0 Å². The van der Waals surface area contributed by atoms with E-state index in [0.29, 0.717) is 0 Å². The third-order valence-corrected chi connectivity index (χ3v) is 13.1. The lowest BCUT2D eigenvalue weighted by Gasteiger charge is -2.39. The first-order valence-electron chi connectivity index (χ1n) is 21.5. The van der Waals surface area contributed by atoms with Crippen LogP contribution in [-0.2, 0) is 5.41 Å². The summed E-state index contributed by atoms with van der Waals surface area (Å²) in [5, 5.41) is 7.38. The molecule has 62 heavy (non-hydrogen) atoms. The monoisotopic (exact) mass is 787 g/mol. The molecule has 1 aliphatic rings. The molecule has 11 aromatic rings. The van der Waals surface area contributed by atoms with Crippen LogP contribution in [0.2, 0.25) is 0 Å². The van der Waals surface area contributed by atoms with E-state index in [2.05, 4.69) is 254 Å². The fraction of sp³-hybridized carbons (Fsp3) is 0.0164. The van der Waals surface area contributed by atoms with Crippen LogP contribution in [0.1, 0.15) is 22.3 Å². The quantitative estimate of drug-likeness (QED) is 0.145. The van der Waals surface area contributed by atoms with E-state index < -0.39 is 5.41 Å². The van der Waals surface area contributed by atoms with Gasteiger partial charge in [-0.1, -0.05) is 224 Å². The molecule has 0 saturated heterocycles. The summed E-state index contributed by atoms with van der Waals surface area (Å²) in [5.74, 6) is 0. The van der Waals surface area contributed by atoms with Crippen LogP contribution in [0.25, 0.3) is 65.7 Å². The molecule has 0 unspecified atom stereocenters. The molecule has 0 heterocycles. The fourth-order valence-electron chi connectivity index (χ4n) is 10.6. The molecule has 0 atom stereocenters. The van der Waals surface area contributed by atoms with Crippen molar-refractivity contribution in [1.29, 1.82) is 0 Å². The second-order valence-electron chi connectivity index (χ2n) is 16.3. The smallest absolute Gasteiger partial charge is 0.0734 e. The highest BCUT2D eigenvalue weighted by Crippen LogP contribution is 2.61. The Balaban J connectivity index is 1.26. The van der Waals surface area contributed by atoms with Gasteiger partial charge >= 0.3 is 0 Å². The van der Waals surface area contributed by atoms with Crippen LogP contribution in [0, 0.1) is 0 Å². The van der Waals surface area contributed by atoms with Crippen LogP contribution in [0.5, 0.6) is 0 Å². The van der Waals surface area contributed by atoms with Crippen molar-refractivity contribution in [3.8, 4) is 33.4 Å². The number of anilines is 3. The van der Waals surface area contributed by atoms with Gasteiger partial charge in [0.2, 0.25) is 0 Å². The molecular weight excluding hydrogens is 747 g/mol. The average molecular weight is 788 g/mol. The van der Waals surface area contributed by atoms with Gasteiger partial charge in [-0.05, 0) is 95.5 Å². The van der Waals surface area contributed by atoms with Crippen LogP contribution < -0.4 is 4.90 Å². The zero-order valence-corrected chi connectivity index (χ0v) is 34.1. The van der Waals surface area contributed by atoms with Crippen molar-refractivity contribution in [2.75, 3.05) is 4.90 Å². The zero-order valence-electron chi connectivity index (χ0n) is 34.1. The van der Waals surface area contributed by atoms with Gasteiger partial charge in [0.15, 0.2) is 0 Å². The molecule has 0 fully saturated rings. The first kappa shape index (κ1) is 35.9. The van der Waals surface area contributed by atoms with Gasteiger partial charge in [-0.2, -0.15) is 0 Å². The van der Waals surface area contributed by atoms with Crippen molar-refractivity contribution in [2.45, 2.75) is 5.41 Å². The highest BCUT2D eigenvalue weighted by Gasteiger charge is 2.48. The Kier molecular flexibility index (Phi) is 8.47. The van der Waals surface area contributed by atoms with Crippen molar-refractivity contribution in [2.24, 2.45) is 0 Å². The van der Waals surface area contributed by atoms with E-state index >= 15 is 0 Å². The number of hydrogen-bond acceptors (Lipinski definition) is 1. The van der Waals surface area contributed by atoms with E-state index in [-0.39, 0.29) is 0 Å². The van der Waals surface area contributed by atoms with E-state index in [0.717, 1.165) is 17.1 Å². The lowest BCUT2D eigenvalue weighted by Crippen LogP contribution is -2.30. The first-order chi connectivity index (χ1) is 30.8. The van der Waals surface area contributed by atoms with E-state index in [1.54, 1.807) is 0 Å². The number of rotatable bonds is 7. The molecule has 1 heteroatoms. The molecule has 0 bridgehead atoms. The highest BCUT2D eigenvalue weighted by atomic mass is 15.2. The Morgan fingerprint density at radius 3 is 1.56 bits per heavy atom. The molecule has 0 N–H and O–H groups in total. The molecule has 1 nitrogen and oxygen atoms in total. The largest absolute Gasteiger partial charge is 0.309 e. The summed E-state index contributed by atoms with van der Waals surface area (Å²) in [6.07, 6.45) is 0. The molecule has 0 aliphatic heterocycles. The summed E-state index contributed by atoms with van der Waals surface area (Å²) in [7, 11) is 0. The van der Waals surface area contributed by atoms with Gasteiger partial charge in [0.1, 0.15) is 0 Å². The van der Waals surface area contributed by atoms with Gasteiger partial charge in [-0.3, -0.25) is 0 Å². The molecule has 12 rings (SSSR count). The van der Waals surface area contributed by atoms with Gasteiger partial charge in [0.05, 0.1) is 22.5 Å². The standard InChI is InChI=1S/C61H41N/c1-4-22-43(23-5-1)59-48-30-13-10-21-42(48)39-40-57(59)62(56-37-19-17-34-52(56)54-41-44-24-11-12-29-47(44)49-31-14-15-32-50(49)54)58-38-20-35-53-51-33-16-18-36-55(51)61(60(53)58,45-25-6-2-7-26-45)46-27-8-3-9-28-46/h1-41H. The number of benzene rings is 11. The zero-order chi connectivity index (χ0) is 41.0. The minimum Gasteiger partial charge on any atom is -0.309 e. The predicted octanol–water partition coefficient (Wildman–Crippen LogP) is 16.3. The molecule has 0 aromatic heterocycles. The Morgan fingerprint density at radius 2 is 0.823 bits per heavy atom. The van der Waals surface area contributed by atoms with Crippen LogP contribution >= 0.6 is 0 Å². The summed E-state index contributed by atoms with van der Waals surface area (Å²) in [5.41, 5.74) is 15.0. The topological polar surface area (TPSA) is 3.24 Å². The second kappa shape index (κ2) is 14.6. The Labute approximate surface area is 362 Å². The molecule has 0 radical (unpaired) electrons. The normalized spacial score (nSPS) is 12.6. The van der Waals surface area contributed by atoms with E-state index in [1.165, 1.54) is 88.0 Å². The van der Waals surface area contributed by atoms with Gasteiger partial charge < -0.3 is 4.90 Å². The Hall–Kier alpha value is -8.00. The molecule has 0 spiro atoms. The highest BCUT2D eigenvalue weighted by molar-refractivity contribution is 6.16. The summed E-state index contributed by atoms with van der Waals surface area (Å²) >= 11 is 0. The van der Waals surface area contributed by atoms with Gasteiger partial charge in [-0.25, -0.2) is 0 Å². The van der Waals surface area contributed by atoms with Crippen molar-refractivity contribution >= 4 is 49.4 Å². The molecule has 1 aliphatic carbocycles. The Morgan fingerprint density at radius 1 is 0.290 bits per heavy atom. The summed E-state index contributed by atoms with van der Waals surface area (Å²) in [4.78, 5) is 2.60. The first-order valence-corrected chi connectivity index (χ1v) is 21.5. The lowest BCUT2D eigenvalue weighted by atomic mass is 9.67. The molecule has 0 saturated carbocycles. The Bertz CT molecular complexity index is 3420. The van der Waals surface area contributed by atoms with Crippen LogP contribution in [0.3, 0.4) is 0 Å². The van der Waals surface area contributed by atoms with Gasteiger partial charge in [0.25, 0.3) is 0 Å². The number of hydrogen-bond donors (Lipinski definition) is 0. The maximum Gasteiger partial charge on any atom is 0.0734 e. The molecule has 290 valence electrons. The van der Waals surface area contributed by atoms with E-state index in [9.17, 15) is 0 Å². The molecular formula is C61H41N. The average Bonchev–Trinajstić information content (AvgIpc) is 3.66. The van der Waals surface area contributed by atoms with Crippen molar-refractivity contribution in [3.63, 3.8) is 0 Å². The third-order valence-electron chi connectivity index (χ3n) is 13.1. The number of nitrogens with zero attached hydrogens (tertiary/aromatic N) is 1. The van der Waals surface area contributed by atoms with Crippen molar-refractivity contribution in [1.82, 2.24) is 0 Å². The van der Waals surface area contributed by atoms with Gasteiger partial charge in [0, 0.05) is 16.7 Å². The summed E-state index contributed by atoms with van der Waals surface area (Å²) in [6, 6.07) is 91.9. The van der Waals surface area contributed by atoms with Crippen molar-refractivity contribution < 1.29 is 0 Å². The van der Waals surface area contributed by atoms with Gasteiger partial charge in [-0.15, -0.1) is 0 Å². The fourth-order valence-corrected chi connectivity index (χ4v) is 10.6. The second-order valence-corrected chi connectivity index (χ2v) is 16.3. The molecule has 0 amide bonds. The lowest BCUT2D eigenvalue weighted by molar-refractivity contribution is 0.768. The van der Waals surface area contributed by atoms with E-state index in [4.69, 9.17) is 0 Å². The third kappa shape index (κ3) is 5.42. The minimum atomic E-state index is -0.627. The van der Waals surface area contributed by atoms with Crippen LogP contribution in [0.4, 0.5) is 17.1 Å². The maximum atomic E-state index is 2.60. The van der Waals surface area contributed by atoms with Crippen LogP contribution in [0.15, 0.2) is 249 Å². The maximum absolute atomic E-state index is 2.60.